The van der Waals surface area contributed by atoms with E-state index in [1.54, 1.807) is 25.3 Å². The Bertz CT molecular complexity index is 847. The molecule has 3 rings (SSSR count). The molecule has 1 heterocycles. The molecule has 0 fully saturated rings. The lowest BCUT2D eigenvalue weighted by Crippen LogP contribution is -2.23. The highest BCUT2D eigenvalue weighted by Gasteiger charge is 2.08. The predicted octanol–water partition coefficient (Wildman–Crippen LogP) is 3.83. The highest BCUT2D eigenvalue weighted by atomic mass is 35.5. The van der Waals surface area contributed by atoms with E-state index in [1.165, 1.54) is 0 Å². The molecule has 0 saturated heterocycles. The molecule has 0 aliphatic heterocycles. The molecule has 0 spiro atoms. The topological polar surface area (TPSA) is 51.2 Å². The van der Waals surface area contributed by atoms with Gasteiger partial charge < -0.3 is 10.1 Å². The van der Waals surface area contributed by atoms with Crippen molar-refractivity contribution in [2.75, 3.05) is 7.11 Å². The molecule has 1 N–H and O–H groups in total. The molecule has 1 amide bonds. The van der Waals surface area contributed by atoms with E-state index in [9.17, 15) is 4.79 Å². The van der Waals surface area contributed by atoms with Gasteiger partial charge in [-0.3, -0.25) is 4.79 Å². The van der Waals surface area contributed by atoms with Crippen LogP contribution in [-0.2, 0) is 6.54 Å². The number of methoxy groups -OCH3 is 1. The van der Waals surface area contributed by atoms with Gasteiger partial charge in [-0.05, 0) is 42.0 Å². The molecular formula is C18H15ClN2O2. The van der Waals surface area contributed by atoms with Gasteiger partial charge >= 0.3 is 0 Å². The second-order valence-corrected chi connectivity index (χ2v) is 5.50. The molecule has 1 aromatic heterocycles. The van der Waals surface area contributed by atoms with Gasteiger partial charge in [0, 0.05) is 17.0 Å². The second kappa shape index (κ2) is 6.67. The van der Waals surface area contributed by atoms with Crippen LogP contribution in [0.4, 0.5) is 0 Å². The fraction of sp³-hybridized carbons (Fsp3) is 0.111. The summed E-state index contributed by atoms with van der Waals surface area (Å²) < 4.78 is 5.18. The molecule has 0 unspecified atom stereocenters. The Labute approximate surface area is 139 Å². The number of carbonyl (C=O) groups excluding carboxylic acids is 1. The summed E-state index contributed by atoms with van der Waals surface area (Å²) in [4.78, 5) is 16.6. The lowest BCUT2D eigenvalue weighted by atomic mass is 10.2. The number of hydrogen-bond donors (Lipinski definition) is 1. The molecule has 116 valence electrons. The monoisotopic (exact) mass is 326 g/mol. The zero-order valence-electron chi connectivity index (χ0n) is 12.5. The van der Waals surface area contributed by atoms with Crippen molar-refractivity contribution in [3.63, 3.8) is 0 Å². The lowest BCUT2D eigenvalue weighted by Gasteiger charge is -2.07. The van der Waals surface area contributed by atoms with E-state index in [4.69, 9.17) is 16.3 Å². The Morgan fingerprint density at radius 2 is 1.91 bits per heavy atom. The summed E-state index contributed by atoms with van der Waals surface area (Å²) in [7, 11) is 1.62. The number of ether oxygens (including phenoxy) is 1. The van der Waals surface area contributed by atoms with Gasteiger partial charge in [0.2, 0.25) is 0 Å². The molecule has 23 heavy (non-hydrogen) atoms. The summed E-state index contributed by atoms with van der Waals surface area (Å²) in [6.07, 6.45) is 0. The maximum Gasteiger partial charge on any atom is 0.270 e. The van der Waals surface area contributed by atoms with Gasteiger partial charge in [0.05, 0.1) is 12.6 Å². The SMILES string of the molecule is COc1ccc2nc(C(=O)NCc3ccc(Cl)cc3)ccc2c1. The molecule has 3 aromatic rings. The highest BCUT2D eigenvalue weighted by Crippen LogP contribution is 2.19. The van der Waals surface area contributed by atoms with Gasteiger partial charge in [0.1, 0.15) is 11.4 Å². The summed E-state index contributed by atoms with van der Waals surface area (Å²) in [5.41, 5.74) is 2.12. The smallest absolute Gasteiger partial charge is 0.270 e. The molecule has 2 aromatic carbocycles. The molecule has 0 aliphatic rings. The van der Waals surface area contributed by atoms with Gasteiger partial charge in [0.15, 0.2) is 0 Å². The highest BCUT2D eigenvalue weighted by molar-refractivity contribution is 6.30. The van der Waals surface area contributed by atoms with Crippen molar-refractivity contribution in [1.82, 2.24) is 10.3 Å². The number of amides is 1. The summed E-state index contributed by atoms with van der Waals surface area (Å²) in [5.74, 6) is 0.553. The van der Waals surface area contributed by atoms with Crippen molar-refractivity contribution in [2.24, 2.45) is 0 Å². The van der Waals surface area contributed by atoms with Gasteiger partial charge in [0.25, 0.3) is 5.91 Å². The minimum atomic E-state index is -0.210. The Morgan fingerprint density at radius 3 is 2.65 bits per heavy atom. The first-order valence-corrected chi connectivity index (χ1v) is 7.51. The number of rotatable bonds is 4. The summed E-state index contributed by atoms with van der Waals surface area (Å²) in [5, 5.41) is 4.45. The van der Waals surface area contributed by atoms with Crippen LogP contribution in [0, 0.1) is 0 Å². The van der Waals surface area contributed by atoms with Gasteiger partial charge in [-0.25, -0.2) is 4.98 Å². The number of halogens is 1. The van der Waals surface area contributed by atoms with E-state index >= 15 is 0 Å². The Morgan fingerprint density at radius 1 is 1.13 bits per heavy atom. The van der Waals surface area contributed by atoms with Gasteiger partial charge in [-0.1, -0.05) is 29.8 Å². The van der Waals surface area contributed by atoms with Gasteiger partial charge in [-0.15, -0.1) is 0 Å². The van der Waals surface area contributed by atoms with Crippen LogP contribution in [0.15, 0.2) is 54.6 Å². The van der Waals surface area contributed by atoms with Crippen LogP contribution in [-0.4, -0.2) is 18.0 Å². The third-order valence-corrected chi connectivity index (χ3v) is 3.75. The Balaban J connectivity index is 1.74. The largest absolute Gasteiger partial charge is 0.497 e. The number of hydrogen-bond acceptors (Lipinski definition) is 3. The number of pyridine rings is 1. The van der Waals surface area contributed by atoms with Crippen molar-refractivity contribution >= 4 is 28.4 Å². The van der Waals surface area contributed by atoms with E-state index in [-0.39, 0.29) is 5.91 Å². The Kier molecular flexibility index (Phi) is 4.44. The average Bonchev–Trinajstić information content (AvgIpc) is 2.60. The van der Waals surface area contributed by atoms with E-state index in [1.807, 2.05) is 36.4 Å². The number of nitrogens with zero attached hydrogens (tertiary/aromatic N) is 1. The van der Waals surface area contributed by atoms with Crippen LogP contribution in [0.25, 0.3) is 10.9 Å². The van der Waals surface area contributed by atoms with Crippen molar-refractivity contribution in [3.8, 4) is 5.75 Å². The number of nitrogens with one attached hydrogen (secondary N) is 1. The standard InChI is InChI=1S/C18H15ClN2O2/c1-23-15-7-9-16-13(10-15)4-8-17(21-16)18(22)20-11-12-2-5-14(19)6-3-12/h2-10H,11H2,1H3,(H,20,22). The van der Waals surface area contributed by atoms with Crippen LogP contribution < -0.4 is 10.1 Å². The minimum absolute atomic E-state index is 0.210. The maximum absolute atomic E-state index is 12.2. The fourth-order valence-electron chi connectivity index (χ4n) is 2.23. The Hall–Kier alpha value is -2.59. The molecule has 4 nitrogen and oxygen atoms in total. The summed E-state index contributed by atoms with van der Waals surface area (Å²) >= 11 is 5.84. The second-order valence-electron chi connectivity index (χ2n) is 5.06. The molecule has 5 heteroatoms. The average molecular weight is 327 g/mol. The number of carbonyl (C=O) groups is 1. The van der Waals surface area contributed by atoms with E-state index in [0.29, 0.717) is 17.3 Å². The third kappa shape index (κ3) is 3.60. The molecule has 0 bridgehead atoms. The van der Waals surface area contributed by atoms with Crippen LogP contribution in [0.5, 0.6) is 5.75 Å². The van der Waals surface area contributed by atoms with Crippen LogP contribution >= 0.6 is 11.6 Å². The fourth-order valence-corrected chi connectivity index (χ4v) is 2.36. The first-order chi connectivity index (χ1) is 11.2. The predicted molar refractivity (Wildman–Crippen MR) is 90.9 cm³/mol. The van der Waals surface area contributed by atoms with Crippen molar-refractivity contribution in [1.29, 1.82) is 0 Å². The molecule has 0 radical (unpaired) electrons. The quantitative estimate of drug-likeness (QED) is 0.792. The third-order valence-electron chi connectivity index (χ3n) is 3.50. The summed E-state index contributed by atoms with van der Waals surface area (Å²) in [6, 6.07) is 16.5. The minimum Gasteiger partial charge on any atom is -0.497 e. The summed E-state index contributed by atoms with van der Waals surface area (Å²) in [6.45, 7) is 0.429. The van der Waals surface area contributed by atoms with Crippen LogP contribution in [0.3, 0.4) is 0 Å². The zero-order chi connectivity index (χ0) is 16.2. The lowest BCUT2D eigenvalue weighted by molar-refractivity contribution is 0.0946. The van der Waals surface area contributed by atoms with Crippen LogP contribution in [0.1, 0.15) is 16.1 Å². The molecule has 0 aliphatic carbocycles. The number of benzene rings is 2. The normalized spacial score (nSPS) is 10.5. The van der Waals surface area contributed by atoms with Crippen molar-refractivity contribution in [3.05, 3.63) is 70.9 Å². The first kappa shape index (κ1) is 15.3. The molecule has 0 atom stereocenters. The van der Waals surface area contributed by atoms with Crippen LogP contribution in [0.2, 0.25) is 5.02 Å². The number of aromatic nitrogens is 1. The van der Waals surface area contributed by atoms with Crippen molar-refractivity contribution < 1.29 is 9.53 Å². The van der Waals surface area contributed by atoms with Gasteiger partial charge in [-0.2, -0.15) is 0 Å². The number of fused-ring (bicyclic) bond motifs is 1. The zero-order valence-corrected chi connectivity index (χ0v) is 13.3. The van der Waals surface area contributed by atoms with E-state index < -0.39 is 0 Å². The van der Waals surface area contributed by atoms with E-state index in [2.05, 4.69) is 10.3 Å². The molecule has 0 saturated carbocycles. The maximum atomic E-state index is 12.2. The van der Waals surface area contributed by atoms with E-state index in [0.717, 1.165) is 22.2 Å². The molecular weight excluding hydrogens is 312 g/mol. The van der Waals surface area contributed by atoms with Crippen molar-refractivity contribution in [2.45, 2.75) is 6.54 Å². The first-order valence-electron chi connectivity index (χ1n) is 7.13.